The predicted octanol–water partition coefficient (Wildman–Crippen LogP) is 6.19. The first kappa shape index (κ1) is 16.7. The first-order chi connectivity index (χ1) is 7.97. The third kappa shape index (κ3) is 9.41. The smallest absolute Gasteiger partial charge is 0.0214 e. The first-order valence-corrected chi connectivity index (χ1v) is 7.59. The van der Waals surface area contributed by atoms with Crippen LogP contribution in [0, 0.1) is 0 Å². The Morgan fingerprint density at radius 1 is 0.824 bits per heavy atom. The lowest BCUT2D eigenvalue weighted by atomic mass is 10.0. The monoisotopic (exact) mass is 298 g/mol. The Balaban J connectivity index is 3.96. The number of rotatable bonds is 7. The highest BCUT2D eigenvalue weighted by Gasteiger charge is 1.95. The first-order valence-electron chi connectivity index (χ1n) is 6.47. The van der Waals surface area contributed by atoms with E-state index >= 15 is 0 Å². The van der Waals surface area contributed by atoms with Crippen LogP contribution in [0.25, 0.3) is 0 Å². The van der Waals surface area contributed by atoms with Gasteiger partial charge in [0.2, 0.25) is 0 Å². The maximum absolute atomic E-state index is 3.43. The van der Waals surface area contributed by atoms with E-state index in [1.165, 1.54) is 48.0 Å². The largest absolute Gasteiger partial charge is 0.0883 e. The maximum Gasteiger partial charge on any atom is 0.0214 e. The van der Waals surface area contributed by atoms with Crippen LogP contribution in [-0.4, -0.2) is 5.33 Å². The van der Waals surface area contributed by atoms with Gasteiger partial charge < -0.3 is 0 Å². The molecule has 0 nitrogen and oxygen atoms in total. The highest BCUT2D eigenvalue weighted by molar-refractivity contribution is 9.09. The topological polar surface area (TPSA) is 0 Å². The lowest BCUT2D eigenvalue weighted by Crippen LogP contribution is -1.84. The van der Waals surface area contributed by atoms with E-state index in [-0.39, 0.29) is 0 Å². The van der Waals surface area contributed by atoms with Crippen LogP contribution in [0.1, 0.15) is 60.3 Å². The Morgan fingerprint density at radius 2 is 1.41 bits per heavy atom. The quantitative estimate of drug-likeness (QED) is 0.388. The van der Waals surface area contributed by atoms with Gasteiger partial charge in [0.15, 0.2) is 0 Å². The highest BCUT2D eigenvalue weighted by Crippen LogP contribution is 2.15. The van der Waals surface area contributed by atoms with Gasteiger partial charge >= 0.3 is 0 Å². The SMILES string of the molecule is CC(C)=C(C)CC/C(C)=C/CC/C(C)=C/CBr. The van der Waals surface area contributed by atoms with Gasteiger partial charge in [0, 0.05) is 5.33 Å². The number of alkyl halides is 1. The van der Waals surface area contributed by atoms with Crippen molar-refractivity contribution in [1.82, 2.24) is 0 Å². The van der Waals surface area contributed by atoms with E-state index in [2.05, 4.69) is 62.7 Å². The third-order valence-corrected chi connectivity index (χ3v) is 3.53. The summed E-state index contributed by atoms with van der Waals surface area (Å²) in [6.45, 7) is 11.1. The molecule has 0 fully saturated rings. The van der Waals surface area contributed by atoms with Crippen LogP contribution in [0.5, 0.6) is 0 Å². The fraction of sp³-hybridized carbons (Fsp3) is 0.625. The van der Waals surface area contributed by atoms with Gasteiger partial charge in [-0.15, -0.1) is 0 Å². The second kappa shape index (κ2) is 9.70. The van der Waals surface area contributed by atoms with Crippen molar-refractivity contribution < 1.29 is 0 Å². The number of hydrogen-bond acceptors (Lipinski definition) is 0. The fourth-order valence-corrected chi connectivity index (χ4v) is 2.07. The van der Waals surface area contributed by atoms with Crippen LogP contribution in [0.15, 0.2) is 34.4 Å². The molecule has 0 aromatic carbocycles. The van der Waals surface area contributed by atoms with E-state index < -0.39 is 0 Å². The molecular weight excluding hydrogens is 272 g/mol. The zero-order valence-electron chi connectivity index (χ0n) is 12.1. The normalized spacial score (nSPS) is 12.8. The van der Waals surface area contributed by atoms with Gasteiger partial charge in [-0.05, 0) is 60.3 Å². The fourth-order valence-electron chi connectivity index (χ4n) is 1.52. The van der Waals surface area contributed by atoms with E-state index in [9.17, 15) is 0 Å². The van der Waals surface area contributed by atoms with Crippen molar-refractivity contribution in [3.63, 3.8) is 0 Å². The Morgan fingerprint density at radius 3 is 1.94 bits per heavy atom. The Kier molecular flexibility index (Phi) is 9.53. The summed E-state index contributed by atoms with van der Waals surface area (Å²) in [5.74, 6) is 0. The molecule has 98 valence electrons. The summed E-state index contributed by atoms with van der Waals surface area (Å²) >= 11 is 3.43. The number of allylic oxidation sites excluding steroid dienone is 6. The van der Waals surface area contributed by atoms with Crippen molar-refractivity contribution in [2.45, 2.75) is 60.3 Å². The molecule has 1 heteroatoms. The lowest BCUT2D eigenvalue weighted by molar-refractivity contribution is 0.884. The van der Waals surface area contributed by atoms with E-state index in [0.29, 0.717) is 0 Å². The summed E-state index contributed by atoms with van der Waals surface area (Å²) in [6.07, 6.45) is 9.42. The van der Waals surface area contributed by atoms with E-state index in [1.807, 2.05) is 0 Å². The average Bonchev–Trinajstić information content (AvgIpc) is 2.26. The maximum atomic E-state index is 3.43. The summed E-state index contributed by atoms with van der Waals surface area (Å²) in [7, 11) is 0. The highest BCUT2D eigenvalue weighted by atomic mass is 79.9. The summed E-state index contributed by atoms with van der Waals surface area (Å²) in [6, 6.07) is 0. The molecule has 0 aliphatic rings. The molecule has 0 aromatic rings. The van der Waals surface area contributed by atoms with Gasteiger partial charge in [0.05, 0.1) is 0 Å². The van der Waals surface area contributed by atoms with Crippen molar-refractivity contribution in [1.29, 1.82) is 0 Å². The summed E-state index contributed by atoms with van der Waals surface area (Å²) in [4.78, 5) is 0. The zero-order chi connectivity index (χ0) is 13.3. The van der Waals surface area contributed by atoms with Crippen LogP contribution >= 0.6 is 15.9 Å². The second-order valence-electron chi connectivity index (χ2n) is 5.07. The molecule has 0 atom stereocenters. The third-order valence-electron chi connectivity index (χ3n) is 3.20. The van der Waals surface area contributed by atoms with Crippen LogP contribution in [-0.2, 0) is 0 Å². The number of halogens is 1. The Labute approximate surface area is 116 Å². The molecule has 0 unspecified atom stereocenters. The molecule has 0 aliphatic carbocycles. The van der Waals surface area contributed by atoms with Gasteiger partial charge in [-0.2, -0.15) is 0 Å². The molecule has 0 N–H and O–H groups in total. The molecule has 0 bridgehead atoms. The standard InChI is InChI=1S/C16H27Br/c1-13(2)16(5)10-9-14(3)7-6-8-15(4)11-12-17/h7,11H,6,8-10,12H2,1-5H3/b14-7+,15-11+. The molecule has 0 saturated heterocycles. The van der Waals surface area contributed by atoms with Gasteiger partial charge in [0.25, 0.3) is 0 Å². The zero-order valence-corrected chi connectivity index (χ0v) is 13.7. The molecule has 0 rings (SSSR count). The summed E-state index contributed by atoms with van der Waals surface area (Å²) in [5, 5.41) is 0.974. The van der Waals surface area contributed by atoms with Gasteiger partial charge in [0.1, 0.15) is 0 Å². The molecule has 0 saturated carbocycles. The van der Waals surface area contributed by atoms with Crippen LogP contribution in [0.4, 0.5) is 0 Å². The molecule has 0 aliphatic heterocycles. The van der Waals surface area contributed by atoms with Crippen molar-refractivity contribution in [3.8, 4) is 0 Å². The minimum atomic E-state index is 0.974. The molecule has 0 heterocycles. The minimum absolute atomic E-state index is 0.974. The summed E-state index contributed by atoms with van der Waals surface area (Å²) in [5.41, 5.74) is 6.01. The second-order valence-corrected chi connectivity index (χ2v) is 5.72. The number of hydrogen-bond donors (Lipinski definition) is 0. The summed E-state index contributed by atoms with van der Waals surface area (Å²) < 4.78 is 0. The minimum Gasteiger partial charge on any atom is -0.0883 e. The van der Waals surface area contributed by atoms with Crippen LogP contribution in [0.3, 0.4) is 0 Å². The molecule has 0 aromatic heterocycles. The molecule has 0 spiro atoms. The van der Waals surface area contributed by atoms with Crippen molar-refractivity contribution in [2.75, 3.05) is 5.33 Å². The van der Waals surface area contributed by atoms with Crippen molar-refractivity contribution in [2.24, 2.45) is 0 Å². The molecular formula is C16H27Br. The average molecular weight is 299 g/mol. The lowest BCUT2D eigenvalue weighted by Gasteiger charge is -2.05. The molecule has 17 heavy (non-hydrogen) atoms. The molecule has 0 amide bonds. The Bertz CT molecular complexity index is 301. The van der Waals surface area contributed by atoms with E-state index in [1.54, 1.807) is 0 Å². The molecule has 0 radical (unpaired) electrons. The van der Waals surface area contributed by atoms with Crippen molar-refractivity contribution in [3.05, 3.63) is 34.4 Å². The van der Waals surface area contributed by atoms with Crippen LogP contribution < -0.4 is 0 Å². The van der Waals surface area contributed by atoms with Gasteiger partial charge in [-0.3, -0.25) is 0 Å². The van der Waals surface area contributed by atoms with Crippen LogP contribution in [0.2, 0.25) is 0 Å². The van der Waals surface area contributed by atoms with Gasteiger partial charge in [-0.25, -0.2) is 0 Å². The van der Waals surface area contributed by atoms with E-state index in [4.69, 9.17) is 0 Å². The van der Waals surface area contributed by atoms with Gasteiger partial charge in [-0.1, -0.05) is 50.4 Å². The van der Waals surface area contributed by atoms with E-state index in [0.717, 1.165) is 5.33 Å². The Hall–Kier alpha value is -0.300. The predicted molar refractivity (Wildman–Crippen MR) is 83.8 cm³/mol. The van der Waals surface area contributed by atoms with Crippen molar-refractivity contribution >= 4 is 15.9 Å².